The van der Waals surface area contributed by atoms with Crippen molar-refractivity contribution in [3.05, 3.63) is 126 Å². The maximum absolute atomic E-state index is 6.61. The van der Waals surface area contributed by atoms with Crippen LogP contribution in [0.25, 0.3) is 50.5 Å². The normalized spacial score (nSPS) is 11.1. The molecule has 0 unspecified atom stereocenters. The van der Waals surface area contributed by atoms with Crippen LogP contribution in [0.1, 0.15) is 0 Å². The maximum Gasteiger partial charge on any atom is 0.160 e. The summed E-state index contributed by atoms with van der Waals surface area (Å²) in [5.41, 5.74) is 6.80. The predicted molar refractivity (Wildman–Crippen MR) is 140 cm³/mol. The Morgan fingerprint density at radius 1 is 0.559 bits per heavy atom. The fourth-order valence-corrected chi connectivity index (χ4v) is 4.47. The molecule has 0 aliphatic carbocycles. The lowest BCUT2D eigenvalue weighted by molar-refractivity contribution is 1.12. The smallest absolute Gasteiger partial charge is 0.160 e. The third-order valence-corrected chi connectivity index (χ3v) is 6.10. The number of halogens is 1. The summed E-state index contributed by atoms with van der Waals surface area (Å²) < 4.78 is 2.14. The van der Waals surface area contributed by atoms with Crippen LogP contribution < -0.4 is 0 Å². The molecule has 0 saturated carbocycles. The van der Waals surface area contributed by atoms with Gasteiger partial charge in [-0.25, -0.2) is 9.97 Å². The van der Waals surface area contributed by atoms with Crippen LogP contribution >= 0.6 is 11.6 Å². The van der Waals surface area contributed by atoms with E-state index in [1.165, 1.54) is 5.39 Å². The number of rotatable bonds is 4. The Morgan fingerprint density at radius 3 is 1.85 bits per heavy atom. The van der Waals surface area contributed by atoms with Crippen LogP contribution in [0, 0.1) is 0 Å². The summed E-state index contributed by atoms with van der Waals surface area (Å²) in [7, 11) is 0. The van der Waals surface area contributed by atoms with E-state index < -0.39 is 0 Å². The molecule has 34 heavy (non-hydrogen) atoms. The van der Waals surface area contributed by atoms with Gasteiger partial charge in [0, 0.05) is 33.6 Å². The first-order valence-corrected chi connectivity index (χ1v) is 11.5. The minimum Gasteiger partial charge on any atom is -0.316 e. The van der Waals surface area contributed by atoms with E-state index in [-0.39, 0.29) is 0 Å². The summed E-state index contributed by atoms with van der Waals surface area (Å²) in [5, 5.41) is 1.82. The molecule has 2 aromatic heterocycles. The number of hydrogen-bond donors (Lipinski definition) is 0. The van der Waals surface area contributed by atoms with Crippen molar-refractivity contribution >= 4 is 22.5 Å². The van der Waals surface area contributed by atoms with Gasteiger partial charge in [0.15, 0.2) is 5.82 Å². The lowest BCUT2D eigenvalue weighted by atomic mass is 10.1. The first-order valence-electron chi connectivity index (χ1n) is 11.1. The number of para-hydroxylation sites is 1. The van der Waals surface area contributed by atoms with E-state index in [0.29, 0.717) is 10.8 Å². The highest BCUT2D eigenvalue weighted by atomic mass is 35.5. The van der Waals surface area contributed by atoms with Crippen LogP contribution in [0.15, 0.2) is 121 Å². The van der Waals surface area contributed by atoms with Crippen LogP contribution in [0.5, 0.6) is 0 Å². The zero-order valence-corrected chi connectivity index (χ0v) is 19.0. The zero-order valence-electron chi connectivity index (χ0n) is 18.3. The Labute approximate surface area is 203 Å². The minimum atomic E-state index is 0.639. The van der Waals surface area contributed by atoms with E-state index in [4.69, 9.17) is 21.6 Å². The minimum absolute atomic E-state index is 0.639. The molecule has 162 valence electrons. The zero-order chi connectivity index (χ0) is 22.9. The van der Waals surface area contributed by atoms with E-state index in [1.54, 1.807) is 0 Å². The summed E-state index contributed by atoms with van der Waals surface area (Å²) in [6.45, 7) is 0. The molecule has 3 nitrogen and oxygen atoms in total. The van der Waals surface area contributed by atoms with Crippen molar-refractivity contribution < 1.29 is 0 Å². The molecule has 0 aliphatic rings. The van der Waals surface area contributed by atoms with Crippen LogP contribution in [0.4, 0.5) is 0 Å². The number of aromatic nitrogens is 3. The summed E-state index contributed by atoms with van der Waals surface area (Å²) in [4.78, 5) is 9.89. The van der Waals surface area contributed by atoms with Gasteiger partial charge < -0.3 is 4.57 Å². The van der Waals surface area contributed by atoms with Gasteiger partial charge in [0.2, 0.25) is 0 Å². The second kappa shape index (κ2) is 8.62. The molecule has 0 amide bonds. The Kier molecular flexibility index (Phi) is 5.17. The first kappa shape index (κ1) is 20.4. The molecule has 0 aliphatic heterocycles. The quantitative estimate of drug-likeness (QED) is 0.268. The number of nitrogens with zero attached hydrogens (tertiary/aromatic N) is 3. The van der Waals surface area contributed by atoms with Gasteiger partial charge >= 0.3 is 0 Å². The third-order valence-electron chi connectivity index (χ3n) is 5.88. The van der Waals surface area contributed by atoms with Crippen molar-refractivity contribution in [2.45, 2.75) is 0 Å². The number of benzene rings is 4. The number of fused-ring (bicyclic) bond motifs is 1. The molecule has 0 saturated heterocycles. The van der Waals surface area contributed by atoms with Crippen molar-refractivity contribution in [1.29, 1.82) is 0 Å². The average Bonchev–Trinajstić information content (AvgIpc) is 3.33. The monoisotopic (exact) mass is 457 g/mol. The van der Waals surface area contributed by atoms with E-state index in [2.05, 4.69) is 59.3 Å². The van der Waals surface area contributed by atoms with Gasteiger partial charge in [0.05, 0.1) is 16.9 Å². The lowest BCUT2D eigenvalue weighted by Gasteiger charge is -2.12. The van der Waals surface area contributed by atoms with Crippen molar-refractivity contribution in [3.8, 4) is 39.6 Å². The van der Waals surface area contributed by atoms with Crippen molar-refractivity contribution in [2.75, 3.05) is 0 Å². The van der Waals surface area contributed by atoms with Crippen LogP contribution in [0.2, 0.25) is 5.02 Å². The first-order chi connectivity index (χ1) is 16.7. The fourth-order valence-electron chi connectivity index (χ4n) is 4.24. The van der Waals surface area contributed by atoms with Gasteiger partial charge in [-0.2, -0.15) is 0 Å². The second-order valence-electron chi connectivity index (χ2n) is 8.14. The molecule has 0 atom stereocenters. The Balaban J connectivity index is 1.54. The molecule has 6 rings (SSSR count). The Bertz CT molecular complexity index is 1550. The molecule has 4 heteroatoms. The molecule has 0 spiro atoms. The van der Waals surface area contributed by atoms with E-state index in [0.717, 1.165) is 39.3 Å². The topological polar surface area (TPSA) is 30.7 Å². The van der Waals surface area contributed by atoms with Crippen molar-refractivity contribution in [1.82, 2.24) is 14.5 Å². The van der Waals surface area contributed by atoms with Crippen molar-refractivity contribution in [2.24, 2.45) is 0 Å². The maximum atomic E-state index is 6.61. The van der Waals surface area contributed by atoms with Gasteiger partial charge in [0.1, 0.15) is 0 Å². The van der Waals surface area contributed by atoms with E-state index >= 15 is 0 Å². The molecular weight excluding hydrogens is 438 g/mol. The highest BCUT2D eigenvalue weighted by Crippen LogP contribution is 2.31. The van der Waals surface area contributed by atoms with E-state index in [1.807, 2.05) is 66.7 Å². The predicted octanol–water partition coefficient (Wildman–Crippen LogP) is 8.07. The standard InChI is InChI=1S/C30H20ClN3/c31-25-17-24(18-26(19-25)34-16-15-23-13-7-8-14-29(23)34)30-32-27(21-9-3-1-4-10-21)20-28(33-30)22-11-5-2-6-12-22/h1-20H. The van der Waals surface area contributed by atoms with Gasteiger partial charge in [-0.15, -0.1) is 0 Å². The largest absolute Gasteiger partial charge is 0.316 e. The van der Waals surface area contributed by atoms with Gasteiger partial charge in [-0.3, -0.25) is 0 Å². The molecule has 0 bridgehead atoms. The Hall–Kier alpha value is -4.21. The second-order valence-corrected chi connectivity index (χ2v) is 8.57. The van der Waals surface area contributed by atoms with Crippen LogP contribution in [-0.4, -0.2) is 14.5 Å². The lowest BCUT2D eigenvalue weighted by Crippen LogP contribution is -1.98. The summed E-state index contributed by atoms with van der Waals surface area (Å²) >= 11 is 6.61. The highest BCUT2D eigenvalue weighted by Gasteiger charge is 2.13. The van der Waals surface area contributed by atoms with Gasteiger partial charge in [-0.05, 0) is 41.8 Å². The molecule has 0 radical (unpaired) electrons. The molecular formula is C30H20ClN3. The fraction of sp³-hybridized carbons (Fsp3) is 0. The summed E-state index contributed by atoms with van der Waals surface area (Å²) in [5.74, 6) is 0.639. The van der Waals surface area contributed by atoms with Gasteiger partial charge in [0.25, 0.3) is 0 Å². The molecule has 0 N–H and O–H groups in total. The SMILES string of the molecule is Clc1cc(-c2nc(-c3ccccc3)cc(-c3ccccc3)n2)cc(-n2ccc3ccccc32)c1. The third kappa shape index (κ3) is 3.87. The average molecular weight is 458 g/mol. The molecule has 4 aromatic carbocycles. The Morgan fingerprint density at radius 2 is 1.18 bits per heavy atom. The summed E-state index contributed by atoms with van der Waals surface area (Å²) in [6.07, 6.45) is 2.07. The molecule has 0 fully saturated rings. The van der Waals surface area contributed by atoms with Gasteiger partial charge in [-0.1, -0.05) is 90.5 Å². The molecule has 6 aromatic rings. The van der Waals surface area contributed by atoms with Crippen LogP contribution in [-0.2, 0) is 0 Å². The van der Waals surface area contributed by atoms with Crippen LogP contribution in [0.3, 0.4) is 0 Å². The number of hydrogen-bond acceptors (Lipinski definition) is 2. The highest BCUT2D eigenvalue weighted by molar-refractivity contribution is 6.31. The van der Waals surface area contributed by atoms with Crippen molar-refractivity contribution in [3.63, 3.8) is 0 Å². The van der Waals surface area contributed by atoms with E-state index in [9.17, 15) is 0 Å². The molecule has 2 heterocycles. The summed E-state index contributed by atoms with van der Waals surface area (Å²) in [6, 6.07) is 38.8.